The summed E-state index contributed by atoms with van der Waals surface area (Å²) in [6.07, 6.45) is 0.963. The summed E-state index contributed by atoms with van der Waals surface area (Å²) >= 11 is 5.76. The van der Waals surface area contributed by atoms with E-state index < -0.39 is 6.64 Å². The molecular weight excluding hydrogens is 301 g/mol. The second-order valence-corrected chi connectivity index (χ2v) is 8.26. The van der Waals surface area contributed by atoms with Gasteiger partial charge in [-0.1, -0.05) is 35.9 Å². The zero-order chi connectivity index (χ0) is 14.7. The van der Waals surface area contributed by atoms with Crippen LogP contribution in [0.2, 0.25) is 0 Å². The average Bonchev–Trinajstić information content (AvgIpc) is 2.51. The third-order valence-electron chi connectivity index (χ3n) is 3.36. The van der Waals surface area contributed by atoms with Gasteiger partial charge >= 0.3 is 6.64 Å². The molecule has 1 heterocycles. The van der Waals surface area contributed by atoms with Crippen LogP contribution in [0.1, 0.15) is 12.0 Å². The molecule has 110 valence electrons. The van der Waals surface area contributed by atoms with Gasteiger partial charge in [-0.05, 0) is 49.4 Å². The summed E-state index contributed by atoms with van der Waals surface area (Å²) < 4.78 is 14.1. The first-order valence-corrected chi connectivity index (χ1v) is 9.60. The normalized spacial score (nSPS) is 22.0. The van der Waals surface area contributed by atoms with Crippen molar-refractivity contribution in [2.45, 2.75) is 13.3 Å². The van der Waals surface area contributed by atoms with Crippen LogP contribution in [0.25, 0.3) is 0 Å². The first-order chi connectivity index (χ1) is 10.2. The molecule has 21 heavy (non-hydrogen) atoms. The standard InChI is InChI=1S/C16H18NO2PS/c1-14-8-10-16(11-9-14)19-20(21)17(12-5-13-18-20)15-6-3-2-4-7-15/h2-4,6-11H,5,12-13H2,1H3/t20-/m1/s1. The molecule has 0 saturated carbocycles. The molecule has 1 fully saturated rings. The number of para-hydroxylation sites is 1. The molecule has 1 aliphatic heterocycles. The van der Waals surface area contributed by atoms with Gasteiger partial charge in [0.1, 0.15) is 5.75 Å². The molecule has 0 spiro atoms. The van der Waals surface area contributed by atoms with Crippen LogP contribution in [0.15, 0.2) is 54.6 Å². The van der Waals surface area contributed by atoms with Gasteiger partial charge in [-0.25, -0.2) is 0 Å². The highest BCUT2D eigenvalue weighted by atomic mass is 32.5. The molecule has 3 rings (SSSR count). The lowest BCUT2D eigenvalue weighted by molar-refractivity contribution is 0.286. The second-order valence-electron chi connectivity index (χ2n) is 5.02. The Morgan fingerprint density at radius 2 is 1.81 bits per heavy atom. The lowest BCUT2D eigenvalue weighted by atomic mass is 10.2. The Hall–Kier alpha value is -1.35. The summed E-state index contributed by atoms with van der Waals surface area (Å²) in [6.45, 7) is 1.06. The summed E-state index contributed by atoms with van der Waals surface area (Å²) in [5.41, 5.74) is 2.26. The van der Waals surface area contributed by atoms with Crippen LogP contribution in [0.5, 0.6) is 5.75 Å². The van der Waals surface area contributed by atoms with Crippen molar-refractivity contribution in [1.82, 2.24) is 0 Å². The zero-order valence-corrected chi connectivity index (χ0v) is 13.6. The summed E-state index contributed by atoms with van der Waals surface area (Å²) in [4.78, 5) is 0. The van der Waals surface area contributed by atoms with Crippen LogP contribution in [0.4, 0.5) is 5.69 Å². The van der Waals surface area contributed by atoms with Crippen molar-refractivity contribution in [2.24, 2.45) is 0 Å². The molecule has 0 amide bonds. The fourth-order valence-corrected chi connectivity index (χ4v) is 5.12. The van der Waals surface area contributed by atoms with E-state index in [2.05, 4.69) is 11.6 Å². The number of nitrogens with zero attached hydrogens (tertiary/aromatic N) is 1. The topological polar surface area (TPSA) is 21.7 Å². The summed E-state index contributed by atoms with van der Waals surface area (Å²) in [6, 6.07) is 18.1. The van der Waals surface area contributed by atoms with E-state index in [1.165, 1.54) is 5.56 Å². The first-order valence-electron chi connectivity index (χ1n) is 7.01. The van der Waals surface area contributed by atoms with Crippen molar-refractivity contribution < 1.29 is 9.05 Å². The molecule has 2 aromatic carbocycles. The maximum absolute atomic E-state index is 6.09. The van der Waals surface area contributed by atoms with Gasteiger partial charge in [0.05, 0.1) is 6.61 Å². The Morgan fingerprint density at radius 1 is 1.10 bits per heavy atom. The van der Waals surface area contributed by atoms with E-state index in [0.29, 0.717) is 6.61 Å². The zero-order valence-electron chi connectivity index (χ0n) is 11.9. The van der Waals surface area contributed by atoms with Crippen molar-refractivity contribution in [3.63, 3.8) is 0 Å². The van der Waals surface area contributed by atoms with Crippen LogP contribution >= 0.6 is 6.64 Å². The molecule has 2 aromatic rings. The Bertz CT molecular complexity index is 645. The molecule has 1 saturated heterocycles. The molecule has 0 unspecified atom stereocenters. The van der Waals surface area contributed by atoms with E-state index in [4.69, 9.17) is 20.9 Å². The number of aryl methyl sites for hydroxylation is 1. The quantitative estimate of drug-likeness (QED) is 0.775. The smallest absolute Gasteiger partial charge is 0.342 e. The van der Waals surface area contributed by atoms with E-state index >= 15 is 0 Å². The maximum Gasteiger partial charge on any atom is 0.342 e. The van der Waals surface area contributed by atoms with Gasteiger partial charge in [0, 0.05) is 12.2 Å². The van der Waals surface area contributed by atoms with Gasteiger partial charge in [0.2, 0.25) is 0 Å². The Balaban J connectivity index is 1.88. The summed E-state index contributed by atoms with van der Waals surface area (Å²) in [5.74, 6) is 0.770. The SMILES string of the molecule is Cc1ccc(O[P@]2(=S)OCCCN2c2ccccc2)cc1. The molecule has 0 N–H and O–H groups in total. The maximum atomic E-state index is 6.09. The average molecular weight is 319 g/mol. The minimum absolute atomic E-state index is 0.659. The fraction of sp³-hybridized carbons (Fsp3) is 0.250. The molecule has 0 radical (unpaired) electrons. The number of anilines is 1. The number of hydrogen-bond acceptors (Lipinski definition) is 3. The van der Waals surface area contributed by atoms with Gasteiger partial charge in [-0.2, -0.15) is 0 Å². The lowest BCUT2D eigenvalue weighted by Crippen LogP contribution is -2.30. The highest BCUT2D eigenvalue weighted by Gasteiger charge is 2.33. The van der Waals surface area contributed by atoms with Gasteiger partial charge in [-0.15, -0.1) is 0 Å². The third-order valence-corrected chi connectivity index (χ3v) is 6.46. The molecule has 0 aromatic heterocycles. The largest absolute Gasteiger partial charge is 0.429 e. The predicted octanol–water partition coefficient (Wildman–Crippen LogP) is 4.53. The van der Waals surface area contributed by atoms with Gasteiger partial charge in [-0.3, -0.25) is 4.67 Å². The molecule has 1 atom stereocenters. The Morgan fingerprint density at radius 3 is 2.52 bits per heavy atom. The van der Waals surface area contributed by atoms with E-state index in [1.807, 2.05) is 54.6 Å². The van der Waals surface area contributed by atoms with Gasteiger partial charge in [0.25, 0.3) is 0 Å². The Labute approximate surface area is 130 Å². The lowest BCUT2D eigenvalue weighted by Gasteiger charge is -2.38. The van der Waals surface area contributed by atoms with Gasteiger partial charge < -0.3 is 9.05 Å². The van der Waals surface area contributed by atoms with Crippen molar-refractivity contribution in [2.75, 3.05) is 17.8 Å². The summed E-state index contributed by atoms with van der Waals surface area (Å²) in [7, 11) is 0. The minimum atomic E-state index is -2.52. The molecule has 0 bridgehead atoms. The summed E-state index contributed by atoms with van der Waals surface area (Å²) in [5, 5.41) is 0. The monoisotopic (exact) mass is 319 g/mol. The highest BCUT2D eigenvalue weighted by Crippen LogP contribution is 2.56. The van der Waals surface area contributed by atoms with Crippen LogP contribution in [0, 0.1) is 6.92 Å². The molecular formula is C16H18NO2PS. The first kappa shape index (κ1) is 14.6. The van der Waals surface area contributed by atoms with Crippen LogP contribution < -0.4 is 9.19 Å². The van der Waals surface area contributed by atoms with Gasteiger partial charge in [0.15, 0.2) is 0 Å². The van der Waals surface area contributed by atoms with E-state index in [1.54, 1.807) is 0 Å². The predicted molar refractivity (Wildman–Crippen MR) is 90.4 cm³/mol. The van der Waals surface area contributed by atoms with Crippen LogP contribution in [-0.4, -0.2) is 13.2 Å². The number of hydrogen-bond donors (Lipinski definition) is 0. The van der Waals surface area contributed by atoms with Crippen molar-refractivity contribution in [3.8, 4) is 5.75 Å². The van der Waals surface area contributed by atoms with E-state index in [-0.39, 0.29) is 0 Å². The van der Waals surface area contributed by atoms with Crippen molar-refractivity contribution in [1.29, 1.82) is 0 Å². The molecule has 3 nitrogen and oxygen atoms in total. The molecule has 5 heteroatoms. The molecule has 1 aliphatic rings. The third kappa shape index (κ3) is 3.29. The minimum Gasteiger partial charge on any atom is -0.429 e. The van der Waals surface area contributed by atoms with Crippen LogP contribution in [-0.2, 0) is 16.3 Å². The number of benzene rings is 2. The van der Waals surface area contributed by atoms with Crippen molar-refractivity contribution >= 4 is 24.1 Å². The number of rotatable bonds is 3. The molecule has 0 aliphatic carbocycles. The van der Waals surface area contributed by atoms with E-state index in [9.17, 15) is 0 Å². The second kappa shape index (κ2) is 6.18. The van der Waals surface area contributed by atoms with E-state index in [0.717, 1.165) is 24.4 Å². The Kier molecular flexibility index (Phi) is 4.29. The highest BCUT2D eigenvalue weighted by molar-refractivity contribution is 8.10. The van der Waals surface area contributed by atoms with Crippen molar-refractivity contribution in [3.05, 3.63) is 60.2 Å². The van der Waals surface area contributed by atoms with Crippen LogP contribution in [0.3, 0.4) is 0 Å². The fourth-order valence-electron chi connectivity index (χ4n) is 2.26.